The van der Waals surface area contributed by atoms with E-state index < -0.39 is 12.5 Å². The first-order chi connectivity index (χ1) is 11.3. The minimum atomic E-state index is -1.09. The molecule has 6 heteroatoms. The topological polar surface area (TPSA) is 62.5 Å². The van der Waals surface area contributed by atoms with Gasteiger partial charge in [-0.15, -0.1) is 0 Å². The van der Waals surface area contributed by atoms with Crippen LogP contribution in [0.2, 0.25) is 0 Å². The summed E-state index contributed by atoms with van der Waals surface area (Å²) in [6.45, 7) is 6.19. The van der Waals surface area contributed by atoms with Gasteiger partial charge in [-0.25, -0.2) is 4.39 Å². The zero-order chi connectivity index (χ0) is 17.9. The molecule has 2 aromatic rings. The fourth-order valence-corrected chi connectivity index (χ4v) is 2.85. The highest BCUT2D eigenvalue weighted by Gasteiger charge is 2.23. The minimum Gasteiger partial charge on any atom is -0.480 e. The fourth-order valence-electron chi connectivity index (χ4n) is 2.85. The summed E-state index contributed by atoms with van der Waals surface area (Å²) < 4.78 is 15.0. The maximum atomic E-state index is 13.0. The van der Waals surface area contributed by atoms with Gasteiger partial charge >= 0.3 is 5.97 Å². The molecule has 0 saturated carbocycles. The predicted molar refractivity (Wildman–Crippen MR) is 88.4 cm³/mol. The number of aliphatic carboxylic acids is 1. The molecule has 128 valence electrons. The van der Waals surface area contributed by atoms with Crippen LogP contribution in [-0.4, -0.2) is 33.0 Å². The first kappa shape index (κ1) is 17.7. The molecule has 0 radical (unpaired) electrons. The van der Waals surface area contributed by atoms with Crippen LogP contribution >= 0.6 is 0 Å². The second-order valence-electron chi connectivity index (χ2n) is 5.71. The van der Waals surface area contributed by atoms with Crippen LogP contribution in [0.25, 0.3) is 0 Å². The Balaban J connectivity index is 2.31. The third-order valence-corrected chi connectivity index (χ3v) is 4.02. The number of hydrogen-bond donors (Lipinski definition) is 1. The summed E-state index contributed by atoms with van der Waals surface area (Å²) in [5.74, 6) is -1.80. The number of aryl methyl sites for hydroxylation is 1. The average molecular weight is 332 g/mol. The molecule has 0 aliphatic rings. The fraction of sp³-hybridized carbons (Fsp3) is 0.333. The lowest BCUT2D eigenvalue weighted by atomic mass is 10.1. The molecule has 1 heterocycles. The second kappa shape index (κ2) is 7.29. The normalized spacial score (nSPS) is 10.7. The first-order valence-corrected chi connectivity index (χ1v) is 7.75. The van der Waals surface area contributed by atoms with Crippen molar-refractivity contribution in [3.63, 3.8) is 0 Å². The van der Waals surface area contributed by atoms with Gasteiger partial charge in [-0.05, 0) is 44.5 Å². The number of carbonyl (C=O) groups is 2. The molecule has 1 aromatic heterocycles. The van der Waals surface area contributed by atoms with E-state index >= 15 is 0 Å². The molecule has 24 heavy (non-hydrogen) atoms. The van der Waals surface area contributed by atoms with Crippen molar-refractivity contribution in [3.05, 3.63) is 58.7 Å². The summed E-state index contributed by atoms with van der Waals surface area (Å²) in [7, 11) is 0. The van der Waals surface area contributed by atoms with Crippen LogP contribution in [-0.2, 0) is 17.9 Å². The van der Waals surface area contributed by atoms with Crippen molar-refractivity contribution < 1.29 is 19.1 Å². The Hall–Kier alpha value is -2.63. The van der Waals surface area contributed by atoms with Gasteiger partial charge < -0.3 is 14.6 Å². The van der Waals surface area contributed by atoms with Gasteiger partial charge in [0.05, 0.1) is 5.56 Å². The van der Waals surface area contributed by atoms with E-state index in [-0.39, 0.29) is 18.3 Å². The van der Waals surface area contributed by atoms with E-state index in [4.69, 9.17) is 5.11 Å². The van der Waals surface area contributed by atoms with Crippen LogP contribution in [0, 0.1) is 19.7 Å². The molecule has 0 saturated heterocycles. The zero-order valence-electron chi connectivity index (χ0n) is 14.0. The number of carbonyl (C=O) groups excluding carboxylic acids is 1. The summed E-state index contributed by atoms with van der Waals surface area (Å²) in [5, 5.41) is 9.12. The van der Waals surface area contributed by atoms with E-state index in [1.54, 1.807) is 18.2 Å². The van der Waals surface area contributed by atoms with Gasteiger partial charge in [-0.2, -0.15) is 0 Å². The highest BCUT2D eigenvalue weighted by molar-refractivity contribution is 5.97. The van der Waals surface area contributed by atoms with Gasteiger partial charge in [0, 0.05) is 24.5 Å². The van der Waals surface area contributed by atoms with Crippen molar-refractivity contribution in [1.82, 2.24) is 9.47 Å². The van der Waals surface area contributed by atoms with Crippen LogP contribution < -0.4 is 0 Å². The number of nitrogens with zero attached hydrogens (tertiary/aromatic N) is 2. The van der Waals surface area contributed by atoms with E-state index in [0.29, 0.717) is 11.1 Å². The maximum absolute atomic E-state index is 13.0. The maximum Gasteiger partial charge on any atom is 0.323 e. The van der Waals surface area contributed by atoms with Gasteiger partial charge in [0.15, 0.2) is 0 Å². The van der Waals surface area contributed by atoms with E-state index in [1.807, 2.05) is 25.3 Å². The highest BCUT2D eigenvalue weighted by atomic mass is 19.1. The van der Waals surface area contributed by atoms with Crippen LogP contribution in [0.5, 0.6) is 0 Å². The van der Waals surface area contributed by atoms with Crippen molar-refractivity contribution in [3.8, 4) is 0 Å². The van der Waals surface area contributed by atoms with Gasteiger partial charge in [-0.3, -0.25) is 9.59 Å². The smallest absolute Gasteiger partial charge is 0.323 e. The number of aromatic nitrogens is 1. The van der Waals surface area contributed by atoms with E-state index in [1.165, 1.54) is 17.0 Å². The van der Waals surface area contributed by atoms with Crippen LogP contribution in [0.4, 0.5) is 4.39 Å². The lowest BCUT2D eigenvalue weighted by Crippen LogP contribution is -2.35. The summed E-state index contributed by atoms with van der Waals surface area (Å²) in [5.41, 5.74) is 2.94. The van der Waals surface area contributed by atoms with Crippen molar-refractivity contribution in [1.29, 1.82) is 0 Å². The third-order valence-electron chi connectivity index (χ3n) is 4.02. The molecule has 0 aliphatic carbocycles. The Morgan fingerprint density at radius 3 is 2.33 bits per heavy atom. The second-order valence-corrected chi connectivity index (χ2v) is 5.71. The number of amides is 1. The molecular weight excluding hydrogens is 311 g/mol. The molecule has 0 atom stereocenters. The number of carboxylic acids is 1. The van der Waals surface area contributed by atoms with Crippen molar-refractivity contribution >= 4 is 11.9 Å². The number of carboxylic acid groups (broad SMARTS) is 1. The van der Waals surface area contributed by atoms with Gasteiger partial charge in [0.2, 0.25) is 0 Å². The lowest BCUT2D eigenvalue weighted by molar-refractivity contribution is -0.137. The number of hydrogen-bond acceptors (Lipinski definition) is 2. The highest BCUT2D eigenvalue weighted by Crippen LogP contribution is 2.18. The van der Waals surface area contributed by atoms with Gasteiger partial charge in [0.1, 0.15) is 12.4 Å². The quantitative estimate of drug-likeness (QED) is 0.884. The monoisotopic (exact) mass is 332 g/mol. The molecule has 0 aliphatic heterocycles. The standard InChI is InChI=1S/C18H21FN2O3/c1-4-21-12(2)9-16(13(21)3)18(24)20(11-17(22)23)10-14-5-7-15(19)8-6-14/h5-9H,4,10-11H2,1-3H3,(H,22,23). The lowest BCUT2D eigenvalue weighted by Gasteiger charge is -2.21. The molecule has 1 N–H and O–H groups in total. The van der Waals surface area contributed by atoms with Gasteiger partial charge in [0.25, 0.3) is 5.91 Å². The summed E-state index contributed by atoms with van der Waals surface area (Å²) in [6, 6.07) is 7.46. The Morgan fingerprint density at radius 2 is 1.83 bits per heavy atom. The van der Waals surface area contributed by atoms with E-state index in [0.717, 1.165) is 17.9 Å². The van der Waals surface area contributed by atoms with E-state index in [9.17, 15) is 14.0 Å². The molecule has 2 rings (SSSR count). The molecule has 0 fully saturated rings. The SMILES string of the molecule is CCn1c(C)cc(C(=O)N(CC(=O)O)Cc2ccc(F)cc2)c1C. The molecule has 1 aromatic carbocycles. The first-order valence-electron chi connectivity index (χ1n) is 7.75. The van der Waals surface area contributed by atoms with Crippen molar-refractivity contribution in [2.75, 3.05) is 6.54 Å². The molecule has 5 nitrogen and oxygen atoms in total. The minimum absolute atomic E-state index is 0.112. The summed E-state index contributed by atoms with van der Waals surface area (Å²) in [4.78, 5) is 25.2. The number of halogens is 1. The Labute approximate surface area is 140 Å². The molecule has 0 spiro atoms. The Kier molecular flexibility index (Phi) is 5.39. The zero-order valence-corrected chi connectivity index (χ0v) is 14.0. The molecule has 0 unspecified atom stereocenters. The number of rotatable bonds is 6. The Bertz CT molecular complexity index is 750. The molecule has 1 amide bonds. The van der Waals surface area contributed by atoms with E-state index in [2.05, 4.69) is 0 Å². The third kappa shape index (κ3) is 3.82. The Morgan fingerprint density at radius 1 is 1.21 bits per heavy atom. The largest absolute Gasteiger partial charge is 0.480 e. The molecule has 0 bridgehead atoms. The molecular formula is C18H21FN2O3. The van der Waals surface area contributed by atoms with Gasteiger partial charge in [-0.1, -0.05) is 12.1 Å². The van der Waals surface area contributed by atoms with Crippen LogP contribution in [0.1, 0.15) is 34.2 Å². The predicted octanol–water partition coefficient (Wildman–Crippen LogP) is 2.99. The van der Waals surface area contributed by atoms with Crippen LogP contribution in [0.15, 0.2) is 30.3 Å². The average Bonchev–Trinajstić information content (AvgIpc) is 2.81. The number of benzene rings is 1. The van der Waals surface area contributed by atoms with Crippen LogP contribution in [0.3, 0.4) is 0 Å². The summed E-state index contributed by atoms with van der Waals surface area (Å²) in [6.07, 6.45) is 0. The van der Waals surface area contributed by atoms with Crippen molar-refractivity contribution in [2.45, 2.75) is 33.9 Å². The summed E-state index contributed by atoms with van der Waals surface area (Å²) >= 11 is 0. The van der Waals surface area contributed by atoms with Crippen molar-refractivity contribution in [2.24, 2.45) is 0 Å².